The molecular formula is C12H14N2O6S2. The maximum atomic E-state index is 11.1. The zero-order valence-corrected chi connectivity index (χ0v) is 13.3. The van der Waals surface area contributed by atoms with Crippen LogP contribution in [0.25, 0.3) is 0 Å². The fraction of sp³-hybridized carbons (Fsp3) is 0.333. The molecule has 0 aliphatic heterocycles. The van der Waals surface area contributed by atoms with E-state index in [1.165, 1.54) is 12.1 Å². The van der Waals surface area contributed by atoms with Crippen molar-refractivity contribution in [3.8, 4) is 0 Å². The number of nitro groups is 1. The van der Waals surface area contributed by atoms with Gasteiger partial charge in [0.15, 0.2) is 0 Å². The molecule has 0 saturated heterocycles. The molecule has 8 nitrogen and oxygen atoms in total. The predicted octanol–water partition coefficient (Wildman–Crippen LogP) is 2.22. The molecule has 10 heteroatoms. The second-order valence-corrected chi connectivity index (χ2v) is 7.68. The lowest BCUT2D eigenvalue weighted by molar-refractivity contribution is -0.385. The molecule has 0 bridgehead atoms. The van der Waals surface area contributed by atoms with Crippen molar-refractivity contribution >= 4 is 39.2 Å². The van der Waals surface area contributed by atoms with Gasteiger partial charge in [0.05, 0.1) is 4.92 Å². The Morgan fingerprint density at radius 1 is 1.36 bits per heavy atom. The van der Waals surface area contributed by atoms with Gasteiger partial charge >= 0.3 is 11.9 Å². The van der Waals surface area contributed by atoms with Crippen molar-refractivity contribution in [2.24, 2.45) is 5.73 Å². The average Bonchev–Trinajstić information content (AvgIpc) is 2.43. The molecule has 1 atom stereocenters. The number of rotatable bonds is 7. The Balaban J connectivity index is 2.96. The molecule has 4 N–H and O–H groups in total. The molecule has 0 unspecified atom stereocenters. The van der Waals surface area contributed by atoms with Gasteiger partial charge in [-0.1, -0.05) is 21.6 Å². The summed E-state index contributed by atoms with van der Waals surface area (Å²) in [5.41, 5.74) is 4.67. The first-order chi connectivity index (χ1) is 10.1. The number of hydrogen-bond acceptors (Lipinski definition) is 7. The number of hydrogen-bond donors (Lipinski definition) is 3. The van der Waals surface area contributed by atoms with E-state index in [1.54, 1.807) is 13.8 Å². The van der Waals surface area contributed by atoms with E-state index in [-0.39, 0.29) is 0 Å². The number of carbonyl (C=O) groups is 2. The summed E-state index contributed by atoms with van der Waals surface area (Å²) in [6.45, 7) is 3.29. The molecule has 120 valence electrons. The molecule has 0 saturated carbocycles. The number of aromatic carboxylic acids is 1. The van der Waals surface area contributed by atoms with Crippen LogP contribution in [-0.2, 0) is 4.79 Å². The van der Waals surface area contributed by atoms with Crippen LogP contribution in [0.5, 0.6) is 0 Å². The van der Waals surface area contributed by atoms with Crippen LogP contribution in [0.2, 0.25) is 0 Å². The van der Waals surface area contributed by atoms with Gasteiger partial charge in [0, 0.05) is 15.7 Å². The minimum Gasteiger partial charge on any atom is -0.480 e. The monoisotopic (exact) mass is 346 g/mol. The Hall–Kier alpha value is -1.78. The van der Waals surface area contributed by atoms with Crippen LogP contribution in [-0.4, -0.2) is 37.9 Å². The van der Waals surface area contributed by atoms with Gasteiger partial charge in [0.2, 0.25) is 0 Å². The number of nitrogens with zero attached hydrogens (tertiary/aromatic N) is 1. The molecule has 0 amide bonds. The Labute approximate surface area is 133 Å². The lowest BCUT2D eigenvalue weighted by atomic mass is 10.1. The molecule has 0 aliphatic rings. The van der Waals surface area contributed by atoms with E-state index < -0.39 is 38.9 Å². The molecule has 0 aromatic heterocycles. The largest absolute Gasteiger partial charge is 0.480 e. The third-order valence-corrected chi connectivity index (χ3v) is 6.09. The van der Waals surface area contributed by atoms with Crippen molar-refractivity contribution in [3.63, 3.8) is 0 Å². The summed E-state index contributed by atoms with van der Waals surface area (Å²) in [6.07, 6.45) is 0. The first-order valence-electron chi connectivity index (χ1n) is 5.92. The van der Waals surface area contributed by atoms with Gasteiger partial charge in [-0.15, -0.1) is 0 Å². The molecule has 0 fully saturated rings. The van der Waals surface area contributed by atoms with Crippen molar-refractivity contribution in [3.05, 3.63) is 33.9 Å². The van der Waals surface area contributed by atoms with Crippen molar-refractivity contribution in [1.29, 1.82) is 0 Å². The highest BCUT2D eigenvalue weighted by molar-refractivity contribution is 8.77. The van der Waals surface area contributed by atoms with E-state index in [0.717, 1.165) is 27.7 Å². The SMILES string of the molecule is CC(C)(SSc1ccc([N+](=O)[O-])c(C(=O)O)c1)[C@@H](N)C(=O)O. The van der Waals surface area contributed by atoms with Gasteiger partial charge in [-0.05, 0) is 26.0 Å². The summed E-state index contributed by atoms with van der Waals surface area (Å²) in [5, 5.41) is 28.7. The minimum absolute atomic E-state index is 0.420. The van der Waals surface area contributed by atoms with Gasteiger partial charge in [0.25, 0.3) is 5.69 Å². The van der Waals surface area contributed by atoms with Crippen LogP contribution >= 0.6 is 21.6 Å². The van der Waals surface area contributed by atoms with Gasteiger partial charge < -0.3 is 15.9 Å². The van der Waals surface area contributed by atoms with Crippen LogP contribution in [0, 0.1) is 10.1 Å². The smallest absolute Gasteiger partial charge is 0.342 e. The second-order valence-electron chi connectivity index (χ2n) is 4.83. The lowest BCUT2D eigenvalue weighted by Crippen LogP contribution is -2.46. The summed E-state index contributed by atoms with van der Waals surface area (Å²) in [4.78, 5) is 32.4. The van der Waals surface area contributed by atoms with Crippen molar-refractivity contribution in [1.82, 2.24) is 0 Å². The molecule has 1 aromatic rings. The van der Waals surface area contributed by atoms with E-state index in [0.29, 0.717) is 4.90 Å². The molecule has 1 aromatic carbocycles. The Kier molecular flexibility index (Phi) is 5.80. The maximum Gasteiger partial charge on any atom is 0.342 e. The van der Waals surface area contributed by atoms with Crippen molar-refractivity contribution < 1.29 is 24.7 Å². The number of carboxylic acid groups (broad SMARTS) is 2. The summed E-state index contributed by atoms with van der Waals surface area (Å²) >= 11 is 0. The Morgan fingerprint density at radius 2 is 1.95 bits per heavy atom. The zero-order chi connectivity index (χ0) is 17.1. The maximum absolute atomic E-state index is 11.1. The Bertz CT molecular complexity index is 620. The van der Waals surface area contributed by atoms with Crippen LogP contribution in [0.15, 0.2) is 23.1 Å². The normalized spacial score (nSPS) is 12.7. The summed E-state index contributed by atoms with van der Waals surface area (Å²) in [5.74, 6) is -2.55. The molecule has 22 heavy (non-hydrogen) atoms. The molecule has 0 radical (unpaired) electrons. The standard InChI is InChI=1S/C12H14N2O6S2/c1-12(2,9(13)11(17)18)22-21-6-3-4-8(14(19)20)7(5-6)10(15)16/h3-5,9H,13H2,1-2H3,(H,15,16)(H,17,18)/t9-/m0/s1. The highest BCUT2D eigenvalue weighted by Crippen LogP contribution is 2.43. The first-order valence-corrected chi connectivity index (χ1v) is 8.07. The van der Waals surface area contributed by atoms with E-state index in [4.69, 9.17) is 15.9 Å². The number of carboxylic acids is 2. The van der Waals surface area contributed by atoms with Gasteiger partial charge in [-0.2, -0.15) is 0 Å². The second kappa shape index (κ2) is 6.99. The van der Waals surface area contributed by atoms with Gasteiger partial charge in [-0.3, -0.25) is 14.9 Å². The van der Waals surface area contributed by atoms with E-state index in [9.17, 15) is 19.7 Å². The highest BCUT2D eigenvalue weighted by atomic mass is 33.1. The van der Waals surface area contributed by atoms with E-state index >= 15 is 0 Å². The fourth-order valence-corrected chi connectivity index (χ4v) is 3.76. The zero-order valence-electron chi connectivity index (χ0n) is 11.7. The lowest BCUT2D eigenvalue weighted by Gasteiger charge is -2.27. The number of nitro benzene ring substituents is 1. The summed E-state index contributed by atoms with van der Waals surface area (Å²) in [6, 6.07) is 2.59. The quantitative estimate of drug-likeness (QED) is 0.384. The first kappa shape index (κ1) is 18.3. The molecule has 0 spiro atoms. The molecule has 0 aliphatic carbocycles. The van der Waals surface area contributed by atoms with Gasteiger partial charge in [0.1, 0.15) is 11.6 Å². The number of nitrogens with two attached hydrogens (primary N) is 1. The molecule has 0 heterocycles. The van der Waals surface area contributed by atoms with Crippen LogP contribution in [0.4, 0.5) is 5.69 Å². The molecule has 1 rings (SSSR count). The topological polar surface area (TPSA) is 144 Å². The Morgan fingerprint density at radius 3 is 2.41 bits per heavy atom. The van der Waals surface area contributed by atoms with Crippen LogP contribution < -0.4 is 5.73 Å². The van der Waals surface area contributed by atoms with Crippen molar-refractivity contribution in [2.75, 3.05) is 0 Å². The number of benzene rings is 1. The van der Waals surface area contributed by atoms with E-state index in [1.807, 2.05) is 0 Å². The van der Waals surface area contributed by atoms with Crippen molar-refractivity contribution in [2.45, 2.75) is 29.5 Å². The molecular weight excluding hydrogens is 332 g/mol. The van der Waals surface area contributed by atoms with E-state index in [2.05, 4.69) is 0 Å². The van der Waals surface area contributed by atoms with Gasteiger partial charge in [-0.25, -0.2) is 4.79 Å². The minimum atomic E-state index is -1.40. The third kappa shape index (κ3) is 4.36. The summed E-state index contributed by atoms with van der Waals surface area (Å²) in [7, 11) is 2.26. The van der Waals surface area contributed by atoms with Crippen LogP contribution in [0.3, 0.4) is 0 Å². The third-order valence-electron chi connectivity index (χ3n) is 2.76. The fourth-order valence-electron chi connectivity index (χ4n) is 1.40. The summed E-state index contributed by atoms with van der Waals surface area (Å²) < 4.78 is -0.818. The van der Waals surface area contributed by atoms with Crippen LogP contribution in [0.1, 0.15) is 24.2 Å². The average molecular weight is 346 g/mol. The predicted molar refractivity (Wildman–Crippen MR) is 83.2 cm³/mol. The number of aliphatic carboxylic acids is 1. The highest BCUT2D eigenvalue weighted by Gasteiger charge is 2.33.